The van der Waals surface area contributed by atoms with E-state index in [1.54, 1.807) is 0 Å². The Morgan fingerprint density at radius 1 is 1.44 bits per heavy atom. The van der Waals surface area contributed by atoms with Crippen molar-refractivity contribution in [3.8, 4) is 0 Å². The number of hydrogen-bond acceptors (Lipinski definition) is 1. The quantitative estimate of drug-likeness (QED) is 0.735. The van der Waals surface area contributed by atoms with Crippen molar-refractivity contribution in [1.29, 1.82) is 0 Å². The molecule has 1 unspecified atom stereocenters. The molecule has 1 aromatic rings. The third kappa shape index (κ3) is 4.04. The Hall–Kier alpha value is -0.710. The molecule has 0 spiro atoms. The van der Waals surface area contributed by atoms with Crippen LogP contribution in [0.2, 0.25) is 0 Å². The van der Waals surface area contributed by atoms with E-state index in [9.17, 15) is 13.2 Å². The van der Waals surface area contributed by atoms with E-state index in [1.807, 2.05) is 6.92 Å². The zero-order valence-corrected chi connectivity index (χ0v) is 9.72. The molecular weight excluding hydrogens is 241 g/mol. The predicted molar refractivity (Wildman–Crippen MR) is 56.3 cm³/mol. The summed E-state index contributed by atoms with van der Waals surface area (Å²) in [4.78, 5) is 0. The topological polar surface area (TPSA) is 17.8 Å². The van der Waals surface area contributed by atoms with Gasteiger partial charge in [-0.3, -0.25) is 4.68 Å². The molecule has 0 radical (unpaired) electrons. The fourth-order valence-corrected chi connectivity index (χ4v) is 1.69. The summed E-state index contributed by atoms with van der Waals surface area (Å²) in [7, 11) is 0. The van der Waals surface area contributed by atoms with Crippen molar-refractivity contribution < 1.29 is 13.2 Å². The lowest BCUT2D eigenvalue weighted by atomic mass is 10.1. The van der Waals surface area contributed by atoms with Crippen LogP contribution in [-0.4, -0.2) is 15.7 Å². The summed E-state index contributed by atoms with van der Waals surface area (Å²) in [6.07, 6.45) is -1.34. The van der Waals surface area contributed by atoms with Gasteiger partial charge in [0.05, 0.1) is 0 Å². The molecule has 0 amide bonds. The third-order valence-electron chi connectivity index (χ3n) is 2.38. The SMILES string of the molecule is CC(CCCl)CCn1ccc(C(F)(F)F)n1. The molecule has 1 atom stereocenters. The normalized spacial score (nSPS) is 14.1. The minimum Gasteiger partial charge on any atom is -0.272 e. The van der Waals surface area contributed by atoms with Gasteiger partial charge >= 0.3 is 6.18 Å². The molecule has 0 aliphatic rings. The second-order valence-electron chi connectivity index (χ2n) is 3.83. The van der Waals surface area contributed by atoms with Gasteiger partial charge in [-0.25, -0.2) is 0 Å². The van der Waals surface area contributed by atoms with Crippen LogP contribution in [0.15, 0.2) is 12.3 Å². The van der Waals surface area contributed by atoms with E-state index < -0.39 is 11.9 Å². The number of hydrogen-bond donors (Lipinski definition) is 0. The number of aryl methyl sites for hydroxylation is 1. The van der Waals surface area contributed by atoms with Crippen molar-refractivity contribution >= 4 is 11.6 Å². The standard InChI is InChI=1S/C10H14ClF3N2/c1-8(2-5-11)3-6-16-7-4-9(15-16)10(12,13)14/h4,7-8H,2-3,5-6H2,1H3. The van der Waals surface area contributed by atoms with Gasteiger partial charge in [-0.05, 0) is 24.8 Å². The van der Waals surface area contributed by atoms with E-state index in [0.717, 1.165) is 18.9 Å². The Balaban J connectivity index is 2.47. The Kier molecular flexibility index (Phi) is 4.65. The number of halogens is 4. The fourth-order valence-electron chi connectivity index (χ4n) is 1.32. The minimum atomic E-state index is -4.35. The lowest BCUT2D eigenvalue weighted by molar-refractivity contribution is -0.141. The first-order valence-electron chi connectivity index (χ1n) is 5.10. The van der Waals surface area contributed by atoms with E-state index in [0.29, 0.717) is 18.3 Å². The van der Waals surface area contributed by atoms with Gasteiger partial charge in [0, 0.05) is 18.6 Å². The largest absolute Gasteiger partial charge is 0.435 e. The molecule has 0 aliphatic carbocycles. The molecule has 0 aliphatic heterocycles. The number of rotatable bonds is 5. The Morgan fingerprint density at radius 2 is 2.12 bits per heavy atom. The fraction of sp³-hybridized carbons (Fsp3) is 0.700. The highest BCUT2D eigenvalue weighted by atomic mass is 35.5. The lowest BCUT2D eigenvalue weighted by Gasteiger charge is -2.09. The summed E-state index contributed by atoms with van der Waals surface area (Å²) in [5.74, 6) is 0.977. The predicted octanol–water partition coefficient (Wildman–Crippen LogP) is 3.56. The molecule has 2 nitrogen and oxygen atoms in total. The highest BCUT2D eigenvalue weighted by molar-refractivity contribution is 6.17. The molecule has 0 aromatic carbocycles. The third-order valence-corrected chi connectivity index (χ3v) is 2.60. The van der Waals surface area contributed by atoms with Crippen LogP contribution in [0.25, 0.3) is 0 Å². The highest BCUT2D eigenvalue weighted by Gasteiger charge is 2.33. The van der Waals surface area contributed by atoms with Crippen molar-refractivity contribution in [2.45, 2.75) is 32.5 Å². The zero-order valence-electron chi connectivity index (χ0n) is 8.97. The first-order valence-corrected chi connectivity index (χ1v) is 5.63. The van der Waals surface area contributed by atoms with Crippen molar-refractivity contribution in [2.75, 3.05) is 5.88 Å². The summed E-state index contributed by atoms with van der Waals surface area (Å²) in [5, 5.41) is 3.47. The zero-order chi connectivity index (χ0) is 12.2. The van der Waals surface area contributed by atoms with E-state index >= 15 is 0 Å². The minimum absolute atomic E-state index is 0.399. The summed E-state index contributed by atoms with van der Waals surface area (Å²) in [5.41, 5.74) is -0.836. The molecule has 1 rings (SSSR count). The second-order valence-corrected chi connectivity index (χ2v) is 4.21. The van der Waals surface area contributed by atoms with Gasteiger partial charge in [-0.15, -0.1) is 11.6 Å². The molecule has 92 valence electrons. The van der Waals surface area contributed by atoms with Crippen LogP contribution in [0.1, 0.15) is 25.5 Å². The van der Waals surface area contributed by atoms with Crippen LogP contribution in [0.5, 0.6) is 0 Å². The van der Waals surface area contributed by atoms with Crippen LogP contribution in [0, 0.1) is 5.92 Å². The molecular formula is C10H14ClF3N2. The van der Waals surface area contributed by atoms with Crippen LogP contribution in [0.3, 0.4) is 0 Å². The smallest absolute Gasteiger partial charge is 0.272 e. The van der Waals surface area contributed by atoms with E-state index in [2.05, 4.69) is 5.10 Å². The molecule has 0 fully saturated rings. The van der Waals surface area contributed by atoms with E-state index in [4.69, 9.17) is 11.6 Å². The Morgan fingerprint density at radius 3 is 2.62 bits per heavy atom. The molecule has 1 aromatic heterocycles. The van der Waals surface area contributed by atoms with Crippen molar-refractivity contribution in [3.05, 3.63) is 18.0 Å². The van der Waals surface area contributed by atoms with Gasteiger partial charge in [0.15, 0.2) is 5.69 Å². The van der Waals surface area contributed by atoms with E-state index in [1.165, 1.54) is 10.9 Å². The average molecular weight is 255 g/mol. The van der Waals surface area contributed by atoms with E-state index in [-0.39, 0.29) is 0 Å². The molecule has 6 heteroatoms. The van der Waals surface area contributed by atoms with Crippen molar-refractivity contribution in [3.63, 3.8) is 0 Å². The Labute approximate surface area is 97.4 Å². The highest BCUT2D eigenvalue weighted by Crippen LogP contribution is 2.27. The lowest BCUT2D eigenvalue weighted by Crippen LogP contribution is -2.09. The molecule has 0 saturated heterocycles. The summed E-state index contributed by atoms with van der Waals surface area (Å²) in [6, 6.07) is 0.992. The van der Waals surface area contributed by atoms with Crippen LogP contribution >= 0.6 is 11.6 Å². The second kappa shape index (κ2) is 5.57. The summed E-state index contributed by atoms with van der Waals surface area (Å²) in [6.45, 7) is 2.52. The van der Waals surface area contributed by atoms with Gasteiger partial charge in [0.2, 0.25) is 0 Å². The molecule has 0 saturated carbocycles. The van der Waals surface area contributed by atoms with Crippen LogP contribution < -0.4 is 0 Å². The molecule has 16 heavy (non-hydrogen) atoms. The van der Waals surface area contributed by atoms with Crippen LogP contribution in [0.4, 0.5) is 13.2 Å². The van der Waals surface area contributed by atoms with Crippen molar-refractivity contribution in [2.24, 2.45) is 5.92 Å². The summed E-state index contributed by atoms with van der Waals surface area (Å²) >= 11 is 5.57. The number of nitrogens with zero attached hydrogens (tertiary/aromatic N) is 2. The maximum Gasteiger partial charge on any atom is 0.435 e. The maximum atomic E-state index is 12.2. The van der Waals surface area contributed by atoms with Gasteiger partial charge in [0.25, 0.3) is 0 Å². The average Bonchev–Trinajstić information content (AvgIpc) is 2.63. The van der Waals surface area contributed by atoms with Gasteiger partial charge in [-0.2, -0.15) is 18.3 Å². The molecule has 0 bridgehead atoms. The molecule has 1 heterocycles. The van der Waals surface area contributed by atoms with Gasteiger partial charge < -0.3 is 0 Å². The first kappa shape index (κ1) is 13.4. The monoisotopic (exact) mass is 254 g/mol. The summed E-state index contributed by atoms with van der Waals surface area (Å²) < 4.78 is 38.0. The number of alkyl halides is 4. The first-order chi connectivity index (χ1) is 7.43. The van der Waals surface area contributed by atoms with Crippen LogP contribution in [-0.2, 0) is 12.7 Å². The van der Waals surface area contributed by atoms with Crippen molar-refractivity contribution in [1.82, 2.24) is 9.78 Å². The number of aromatic nitrogens is 2. The molecule has 0 N–H and O–H groups in total. The Bertz CT molecular complexity index is 322. The van der Waals surface area contributed by atoms with Gasteiger partial charge in [0.1, 0.15) is 0 Å². The maximum absolute atomic E-state index is 12.2. The van der Waals surface area contributed by atoms with Gasteiger partial charge in [-0.1, -0.05) is 6.92 Å².